The van der Waals surface area contributed by atoms with Crippen LogP contribution in [0.2, 0.25) is 5.02 Å². The van der Waals surface area contributed by atoms with Gasteiger partial charge in [-0.3, -0.25) is 10.1 Å². The molecule has 0 aliphatic rings. The van der Waals surface area contributed by atoms with Gasteiger partial charge in [-0.25, -0.2) is 14.3 Å². The van der Waals surface area contributed by atoms with Crippen molar-refractivity contribution in [3.63, 3.8) is 0 Å². The summed E-state index contributed by atoms with van der Waals surface area (Å²) in [5.74, 6) is -0.913. The lowest BCUT2D eigenvalue weighted by Gasteiger charge is -2.08. The summed E-state index contributed by atoms with van der Waals surface area (Å²) < 4.78 is 11.7. The molecule has 0 spiro atoms. The predicted molar refractivity (Wildman–Crippen MR) is 107 cm³/mol. The second-order valence-electron chi connectivity index (χ2n) is 6.33. The number of imide groups is 1. The zero-order valence-corrected chi connectivity index (χ0v) is 17.0. The van der Waals surface area contributed by atoms with Crippen LogP contribution in [0.1, 0.15) is 27.5 Å². The van der Waals surface area contributed by atoms with Gasteiger partial charge in [-0.05, 0) is 50.2 Å². The minimum Gasteiger partial charge on any atom is -0.467 e. The molecule has 0 atom stereocenters. The second-order valence-corrected chi connectivity index (χ2v) is 6.71. The van der Waals surface area contributed by atoms with E-state index in [1.165, 1.54) is 6.26 Å². The summed E-state index contributed by atoms with van der Waals surface area (Å²) in [6, 6.07) is 9.12. The first-order chi connectivity index (χ1) is 14.3. The average Bonchev–Trinajstić information content (AvgIpc) is 3.35. The molecule has 3 amide bonds. The Morgan fingerprint density at radius 2 is 1.90 bits per heavy atom. The van der Waals surface area contributed by atoms with Crippen molar-refractivity contribution in [1.29, 1.82) is 0 Å². The van der Waals surface area contributed by atoms with Crippen molar-refractivity contribution in [2.45, 2.75) is 20.4 Å². The van der Waals surface area contributed by atoms with Gasteiger partial charge in [0.2, 0.25) is 0 Å². The summed E-state index contributed by atoms with van der Waals surface area (Å²) in [5, 5.41) is 9.43. The number of hydrogen-bond acceptors (Lipinski definition) is 6. The molecule has 0 unspecified atom stereocenters. The molecule has 9 nitrogen and oxygen atoms in total. The van der Waals surface area contributed by atoms with E-state index in [2.05, 4.69) is 15.7 Å². The van der Waals surface area contributed by atoms with E-state index in [-0.39, 0.29) is 12.1 Å². The van der Waals surface area contributed by atoms with Crippen molar-refractivity contribution in [1.82, 2.24) is 20.4 Å². The maximum atomic E-state index is 12.1. The summed E-state index contributed by atoms with van der Waals surface area (Å²) in [6.07, 6.45) is 1.47. The number of aryl methyl sites for hydroxylation is 1. The van der Waals surface area contributed by atoms with Gasteiger partial charge >= 0.3 is 12.0 Å². The molecule has 0 aliphatic carbocycles. The third-order valence-corrected chi connectivity index (χ3v) is 4.69. The van der Waals surface area contributed by atoms with Gasteiger partial charge in [-0.2, -0.15) is 5.10 Å². The van der Waals surface area contributed by atoms with Crippen molar-refractivity contribution in [2.24, 2.45) is 0 Å². The molecule has 0 aliphatic heterocycles. The van der Waals surface area contributed by atoms with E-state index in [0.29, 0.717) is 16.5 Å². The minimum atomic E-state index is -0.755. The van der Waals surface area contributed by atoms with Crippen LogP contribution in [0.3, 0.4) is 0 Å². The van der Waals surface area contributed by atoms with E-state index in [1.807, 2.05) is 6.92 Å². The SMILES string of the molecule is Cc1nn(-c2ccc(C(=O)OCC(=O)NC(=O)NCc3ccco3)cc2)c(C)c1Cl. The van der Waals surface area contributed by atoms with Crippen LogP contribution in [-0.2, 0) is 16.1 Å². The van der Waals surface area contributed by atoms with Gasteiger partial charge in [0, 0.05) is 0 Å². The smallest absolute Gasteiger partial charge is 0.338 e. The molecule has 0 bridgehead atoms. The highest BCUT2D eigenvalue weighted by Crippen LogP contribution is 2.22. The maximum Gasteiger partial charge on any atom is 0.338 e. The van der Waals surface area contributed by atoms with E-state index in [0.717, 1.165) is 11.4 Å². The highest BCUT2D eigenvalue weighted by molar-refractivity contribution is 6.31. The minimum absolute atomic E-state index is 0.124. The highest BCUT2D eigenvalue weighted by Gasteiger charge is 2.14. The summed E-state index contributed by atoms with van der Waals surface area (Å²) in [6.45, 7) is 3.17. The number of urea groups is 1. The molecule has 2 aromatic heterocycles. The molecule has 1 aromatic carbocycles. The maximum absolute atomic E-state index is 12.1. The fourth-order valence-electron chi connectivity index (χ4n) is 2.62. The van der Waals surface area contributed by atoms with E-state index >= 15 is 0 Å². The van der Waals surface area contributed by atoms with Gasteiger partial charge in [0.15, 0.2) is 6.61 Å². The molecule has 10 heteroatoms. The first-order valence-corrected chi connectivity index (χ1v) is 9.32. The summed E-state index contributed by atoms with van der Waals surface area (Å²) >= 11 is 6.15. The van der Waals surface area contributed by atoms with Gasteiger partial charge in [-0.1, -0.05) is 11.6 Å². The van der Waals surface area contributed by atoms with Crippen LogP contribution >= 0.6 is 11.6 Å². The van der Waals surface area contributed by atoms with Crippen LogP contribution in [0.25, 0.3) is 5.69 Å². The molecule has 0 radical (unpaired) electrons. The Morgan fingerprint density at radius 1 is 1.17 bits per heavy atom. The van der Waals surface area contributed by atoms with Crippen molar-refractivity contribution in [2.75, 3.05) is 6.61 Å². The van der Waals surface area contributed by atoms with E-state index in [9.17, 15) is 14.4 Å². The van der Waals surface area contributed by atoms with Gasteiger partial charge in [0.05, 0.1) is 40.5 Å². The number of esters is 1. The van der Waals surface area contributed by atoms with Crippen LogP contribution in [-0.4, -0.2) is 34.3 Å². The number of benzene rings is 1. The van der Waals surface area contributed by atoms with Crippen LogP contribution in [0.5, 0.6) is 0 Å². The quantitative estimate of drug-likeness (QED) is 0.581. The number of carbonyl (C=O) groups excluding carboxylic acids is 3. The Balaban J connectivity index is 1.49. The zero-order chi connectivity index (χ0) is 21.7. The van der Waals surface area contributed by atoms with Gasteiger partial charge < -0.3 is 14.5 Å². The third kappa shape index (κ3) is 5.06. The van der Waals surface area contributed by atoms with Crippen LogP contribution in [0.15, 0.2) is 47.1 Å². The standard InChI is InChI=1S/C20H19ClN4O5/c1-12-18(21)13(2)25(24-12)15-7-5-14(6-8-15)19(27)30-11-17(26)23-20(28)22-10-16-4-3-9-29-16/h3-9H,10-11H2,1-2H3,(H2,22,23,26,28). The van der Waals surface area contributed by atoms with Gasteiger partial charge in [-0.15, -0.1) is 0 Å². The molecule has 156 valence electrons. The number of rotatable bonds is 6. The zero-order valence-electron chi connectivity index (χ0n) is 16.3. The molecule has 0 fully saturated rings. The molecule has 0 saturated heterocycles. The lowest BCUT2D eigenvalue weighted by molar-refractivity contribution is -0.123. The molecule has 0 saturated carbocycles. The topological polar surface area (TPSA) is 115 Å². The van der Waals surface area contributed by atoms with Crippen LogP contribution in [0, 0.1) is 13.8 Å². The molecule has 2 N–H and O–H groups in total. The first-order valence-electron chi connectivity index (χ1n) is 8.94. The Hall–Kier alpha value is -3.59. The molecule has 30 heavy (non-hydrogen) atoms. The number of halogens is 1. The van der Waals surface area contributed by atoms with Crippen molar-refractivity contribution < 1.29 is 23.5 Å². The number of amides is 3. The van der Waals surface area contributed by atoms with E-state index < -0.39 is 24.5 Å². The van der Waals surface area contributed by atoms with E-state index in [1.54, 1.807) is 48.0 Å². The average molecular weight is 431 g/mol. The molecule has 2 heterocycles. The number of nitrogens with one attached hydrogen (secondary N) is 2. The van der Waals surface area contributed by atoms with Gasteiger partial charge in [0.25, 0.3) is 5.91 Å². The molecular formula is C20H19ClN4O5. The normalized spacial score (nSPS) is 10.5. The Kier molecular flexibility index (Phi) is 6.53. The lowest BCUT2D eigenvalue weighted by atomic mass is 10.2. The summed E-state index contributed by atoms with van der Waals surface area (Å²) in [4.78, 5) is 35.5. The monoisotopic (exact) mass is 430 g/mol. The number of ether oxygens (including phenoxy) is 1. The Morgan fingerprint density at radius 3 is 2.50 bits per heavy atom. The second kappa shape index (κ2) is 9.27. The summed E-state index contributed by atoms with van der Waals surface area (Å²) in [5.41, 5.74) is 2.47. The fraction of sp³-hybridized carbons (Fsp3) is 0.200. The number of nitrogens with zero attached hydrogens (tertiary/aromatic N) is 2. The Bertz CT molecular complexity index is 1060. The lowest BCUT2D eigenvalue weighted by Crippen LogP contribution is -2.41. The third-order valence-electron chi connectivity index (χ3n) is 4.14. The number of furan rings is 1. The van der Waals surface area contributed by atoms with Crippen molar-refractivity contribution in [3.05, 3.63) is 70.4 Å². The predicted octanol–water partition coefficient (Wildman–Crippen LogP) is 2.92. The molecule has 3 rings (SSSR count). The van der Waals surface area contributed by atoms with Gasteiger partial charge in [0.1, 0.15) is 5.76 Å². The van der Waals surface area contributed by atoms with Crippen LogP contribution < -0.4 is 10.6 Å². The number of hydrogen-bond donors (Lipinski definition) is 2. The van der Waals surface area contributed by atoms with Crippen molar-refractivity contribution >= 4 is 29.5 Å². The number of aromatic nitrogens is 2. The molecule has 3 aromatic rings. The first kappa shape index (κ1) is 21.1. The van der Waals surface area contributed by atoms with Crippen molar-refractivity contribution in [3.8, 4) is 5.69 Å². The van der Waals surface area contributed by atoms with E-state index in [4.69, 9.17) is 20.8 Å². The number of carbonyl (C=O) groups is 3. The highest BCUT2D eigenvalue weighted by atomic mass is 35.5. The van der Waals surface area contributed by atoms with Crippen LogP contribution in [0.4, 0.5) is 4.79 Å². The summed E-state index contributed by atoms with van der Waals surface area (Å²) in [7, 11) is 0. The largest absolute Gasteiger partial charge is 0.467 e. The Labute approximate surface area is 177 Å². The molecular weight excluding hydrogens is 412 g/mol. The fourth-order valence-corrected chi connectivity index (χ4v) is 2.73.